The van der Waals surface area contributed by atoms with Crippen LogP contribution in [-0.2, 0) is 11.3 Å². The van der Waals surface area contributed by atoms with Gasteiger partial charge in [-0.25, -0.2) is 4.39 Å². The van der Waals surface area contributed by atoms with E-state index >= 15 is 0 Å². The van der Waals surface area contributed by atoms with Gasteiger partial charge in [-0.3, -0.25) is 9.59 Å². The summed E-state index contributed by atoms with van der Waals surface area (Å²) in [5.41, 5.74) is -0.779. The maximum atomic E-state index is 12.8. The van der Waals surface area contributed by atoms with Crippen molar-refractivity contribution in [3.63, 3.8) is 0 Å². The molecule has 0 aliphatic heterocycles. The van der Waals surface area contributed by atoms with Crippen molar-refractivity contribution in [2.24, 2.45) is 0 Å². The van der Waals surface area contributed by atoms with Crippen molar-refractivity contribution in [2.75, 3.05) is 0 Å². The van der Waals surface area contributed by atoms with Crippen LogP contribution in [0.15, 0.2) is 21.5 Å². The third-order valence-electron chi connectivity index (χ3n) is 1.40. The summed E-state index contributed by atoms with van der Waals surface area (Å²) in [5.74, 6) is -1.06. The van der Waals surface area contributed by atoms with Crippen LogP contribution in [-0.4, -0.2) is 10.4 Å². The van der Waals surface area contributed by atoms with E-state index in [1.165, 1.54) is 13.1 Å². The average Bonchev–Trinajstić information content (AvgIpc) is 1.98. The zero-order valence-corrected chi connectivity index (χ0v) is 8.47. The van der Waals surface area contributed by atoms with Crippen molar-refractivity contribution in [1.82, 2.24) is 4.57 Å². The largest absolute Gasteiger partial charge is 0.304 e. The molecule has 5 heteroatoms. The Balaban J connectivity index is 3.21. The molecule has 1 rings (SSSR count). The summed E-state index contributed by atoms with van der Waals surface area (Å²) in [4.78, 5) is 21.8. The van der Waals surface area contributed by atoms with Gasteiger partial charge in [-0.1, -0.05) is 0 Å². The SMILES string of the molecule is CC(=O)Cn1cc(Br)cc(F)c1=O. The van der Waals surface area contributed by atoms with Crippen LogP contribution in [0.1, 0.15) is 6.92 Å². The molecule has 0 aromatic carbocycles. The van der Waals surface area contributed by atoms with Crippen molar-refractivity contribution in [3.8, 4) is 0 Å². The summed E-state index contributed by atoms with van der Waals surface area (Å²) in [7, 11) is 0. The molecule has 3 nitrogen and oxygen atoms in total. The molecule has 0 N–H and O–H groups in total. The second-order valence-electron chi connectivity index (χ2n) is 2.64. The van der Waals surface area contributed by atoms with E-state index in [0.29, 0.717) is 4.47 Å². The Kier molecular flexibility index (Phi) is 2.98. The highest BCUT2D eigenvalue weighted by Crippen LogP contribution is 2.07. The Morgan fingerprint density at radius 1 is 1.69 bits per heavy atom. The minimum atomic E-state index is -0.865. The van der Waals surface area contributed by atoms with Gasteiger partial charge in [-0.2, -0.15) is 0 Å². The number of hydrogen-bond acceptors (Lipinski definition) is 2. The molecule has 1 aromatic heterocycles. The van der Waals surface area contributed by atoms with Crippen LogP contribution in [0.4, 0.5) is 4.39 Å². The van der Waals surface area contributed by atoms with E-state index in [2.05, 4.69) is 15.9 Å². The number of rotatable bonds is 2. The minimum Gasteiger partial charge on any atom is -0.304 e. The number of halogens is 2. The van der Waals surface area contributed by atoms with E-state index in [4.69, 9.17) is 0 Å². The zero-order valence-electron chi connectivity index (χ0n) is 6.88. The zero-order chi connectivity index (χ0) is 10.0. The lowest BCUT2D eigenvalue weighted by Gasteiger charge is -2.02. The number of nitrogens with zero attached hydrogens (tertiary/aromatic N) is 1. The molecule has 0 saturated carbocycles. The minimum absolute atomic E-state index is 0.102. The standard InChI is InChI=1S/C8H7BrFNO2/c1-5(12)3-11-4-6(9)2-7(10)8(11)13/h2,4H,3H2,1H3. The molecule has 1 heterocycles. The van der Waals surface area contributed by atoms with Gasteiger partial charge in [0.2, 0.25) is 0 Å². The van der Waals surface area contributed by atoms with E-state index in [0.717, 1.165) is 10.6 Å². The lowest BCUT2D eigenvalue weighted by atomic mass is 10.4. The smallest absolute Gasteiger partial charge is 0.287 e. The van der Waals surface area contributed by atoms with Gasteiger partial charge in [0.05, 0.1) is 6.54 Å². The van der Waals surface area contributed by atoms with E-state index in [1.54, 1.807) is 0 Å². The van der Waals surface area contributed by atoms with Gasteiger partial charge in [0, 0.05) is 10.7 Å². The maximum absolute atomic E-state index is 12.8. The Labute approximate surface area is 82.3 Å². The fourth-order valence-electron chi connectivity index (χ4n) is 0.922. The third kappa shape index (κ3) is 2.48. The predicted molar refractivity (Wildman–Crippen MR) is 49.0 cm³/mol. The Morgan fingerprint density at radius 3 is 2.85 bits per heavy atom. The highest BCUT2D eigenvalue weighted by Gasteiger charge is 2.05. The van der Waals surface area contributed by atoms with Crippen molar-refractivity contribution in [3.05, 3.63) is 32.9 Å². The highest BCUT2D eigenvalue weighted by atomic mass is 79.9. The van der Waals surface area contributed by atoms with Gasteiger partial charge in [0.25, 0.3) is 5.56 Å². The number of Topliss-reactive ketones (excluding diaryl/α,β-unsaturated/α-hetero) is 1. The van der Waals surface area contributed by atoms with Crippen LogP contribution in [0.3, 0.4) is 0 Å². The molecule has 0 bridgehead atoms. The van der Waals surface area contributed by atoms with Crippen LogP contribution in [0.25, 0.3) is 0 Å². The third-order valence-corrected chi connectivity index (χ3v) is 1.84. The van der Waals surface area contributed by atoms with Gasteiger partial charge in [0.1, 0.15) is 5.78 Å². The number of ketones is 1. The van der Waals surface area contributed by atoms with Gasteiger partial charge in [-0.05, 0) is 28.9 Å². The van der Waals surface area contributed by atoms with Gasteiger partial charge >= 0.3 is 0 Å². The summed E-state index contributed by atoms with van der Waals surface area (Å²) in [5, 5.41) is 0. The fraction of sp³-hybridized carbons (Fsp3) is 0.250. The molecule has 13 heavy (non-hydrogen) atoms. The summed E-state index contributed by atoms with van der Waals surface area (Å²) in [6.07, 6.45) is 1.38. The normalized spacial score (nSPS) is 10.1. The summed E-state index contributed by atoms with van der Waals surface area (Å²) < 4.78 is 14.3. The Hall–Kier alpha value is -0.970. The second kappa shape index (κ2) is 3.83. The summed E-state index contributed by atoms with van der Waals surface area (Å²) in [6.45, 7) is 1.24. The fourth-order valence-corrected chi connectivity index (χ4v) is 1.37. The van der Waals surface area contributed by atoms with E-state index in [9.17, 15) is 14.0 Å². The molecule has 70 valence electrons. The van der Waals surface area contributed by atoms with Crippen LogP contribution in [0.2, 0.25) is 0 Å². The molecule has 0 spiro atoms. The lowest BCUT2D eigenvalue weighted by Crippen LogP contribution is -2.25. The first-order valence-electron chi connectivity index (χ1n) is 3.55. The van der Waals surface area contributed by atoms with Crippen LogP contribution < -0.4 is 5.56 Å². The van der Waals surface area contributed by atoms with Crippen LogP contribution in [0, 0.1) is 5.82 Å². The van der Waals surface area contributed by atoms with Crippen LogP contribution >= 0.6 is 15.9 Å². The molecule has 0 aliphatic rings. The van der Waals surface area contributed by atoms with Gasteiger partial charge in [-0.15, -0.1) is 0 Å². The summed E-state index contributed by atoms with van der Waals surface area (Å²) in [6, 6.07) is 1.07. The molecule has 0 atom stereocenters. The number of pyridine rings is 1. The molecule has 0 amide bonds. The number of hydrogen-bond donors (Lipinski definition) is 0. The van der Waals surface area contributed by atoms with E-state index < -0.39 is 11.4 Å². The Morgan fingerprint density at radius 2 is 2.31 bits per heavy atom. The first kappa shape index (κ1) is 10.1. The van der Waals surface area contributed by atoms with Crippen molar-refractivity contribution in [1.29, 1.82) is 0 Å². The molecule has 0 aliphatic carbocycles. The topological polar surface area (TPSA) is 39.1 Å². The van der Waals surface area contributed by atoms with Crippen molar-refractivity contribution < 1.29 is 9.18 Å². The predicted octanol–water partition coefficient (Wildman–Crippen LogP) is 1.34. The van der Waals surface area contributed by atoms with Gasteiger partial charge < -0.3 is 4.57 Å². The highest BCUT2D eigenvalue weighted by molar-refractivity contribution is 9.10. The molecule has 0 fully saturated rings. The second-order valence-corrected chi connectivity index (χ2v) is 3.56. The van der Waals surface area contributed by atoms with Crippen molar-refractivity contribution >= 4 is 21.7 Å². The maximum Gasteiger partial charge on any atom is 0.287 e. The monoisotopic (exact) mass is 247 g/mol. The average molecular weight is 248 g/mol. The number of carbonyl (C=O) groups excluding carboxylic acids is 1. The lowest BCUT2D eigenvalue weighted by molar-refractivity contribution is -0.117. The molecule has 1 aromatic rings. The first-order chi connectivity index (χ1) is 6.00. The molecule has 0 unspecified atom stereocenters. The van der Waals surface area contributed by atoms with Crippen molar-refractivity contribution in [2.45, 2.75) is 13.5 Å². The van der Waals surface area contributed by atoms with Gasteiger partial charge in [0.15, 0.2) is 5.82 Å². The van der Waals surface area contributed by atoms with E-state index in [-0.39, 0.29) is 12.3 Å². The van der Waals surface area contributed by atoms with E-state index in [1.807, 2.05) is 0 Å². The molecular formula is C8H7BrFNO2. The quantitative estimate of drug-likeness (QED) is 0.792. The van der Waals surface area contributed by atoms with Crippen LogP contribution in [0.5, 0.6) is 0 Å². The molecule has 0 saturated heterocycles. The first-order valence-corrected chi connectivity index (χ1v) is 4.35. The molecular weight excluding hydrogens is 241 g/mol. The number of carbonyl (C=O) groups is 1. The number of aromatic nitrogens is 1. The summed E-state index contributed by atoms with van der Waals surface area (Å²) >= 11 is 3.03. The Bertz CT molecular complexity index is 400. The molecule has 0 radical (unpaired) electrons.